The predicted molar refractivity (Wildman–Crippen MR) is 69.6 cm³/mol. The van der Waals surface area contributed by atoms with E-state index >= 15 is 0 Å². The number of nitrogens with zero attached hydrogens (tertiary/aromatic N) is 2. The molecule has 2 atom stereocenters. The lowest BCUT2D eigenvalue weighted by Gasteiger charge is -2.38. The van der Waals surface area contributed by atoms with Gasteiger partial charge in [-0.3, -0.25) is 0 Å². The Balaban J connectivity index is 1.91. The van der Waals surface area contributed by atoms with Gasteiger partial charge in [0.15, 0.2) is 11.6 Å². The monoisotopic (exact) mass is 298 g/mol. The molecule has 3 rings (SSSR count). The summed E-state index contributed by atoms with van der Waals surface area (Å²) in [5, 5.41) is 0. The molecule has 0 amide bonds. The number of fused-ring (bicyclic) bond motifs is 1. The first kappa shape index (κ1) is 11.5. The third kappa shape index (κ3) is 2.07. The Labute approximate surface area is 109 Å². The van der Waals surface area contributed by atoms with Gasteiger partial charge in [0.1, 0.15) is 0 Å². The summed E-state index contributed by atoms with van der Waals surface area (Å²) in [6.07, 6.45) is 7.94. The Hall–Kier alpha value is -0.640. The fourth-order valence-electron chi connectivity index (χ4n) is 3.34. The van der Waals surface area contributed by atoms with Crippen molar-refractivity contribution in [3.05, 3.63) is 22.6 Å². The molecule has 2 fully saturated rings. The van der Waals surface area contributed by atoms with Crippen molar-refractivity contribution < 1.29 is 4.39 Å². The van der Waals surface area contributed by atoms with E-state index in [-0.39, 0.29) is 5.82 Å². The summed E-state index contributed by atoms with van der Waals surface area (Å²) in [6.45, 7) is 0.951. The van der Waals surface area contributed by atoms with Crippen molar-refractivity contribution in [1.29, 1.82) is 0 Å². The van der Waals surface area contributed by atoms with Gasteiger partial charge < -0.3 is 4.90 Å². The largest absolute Gasteiger partial charge is 0.351 e. The van der Waals surface area contributed by atoms with Crippen LogP contribution in [0.3, 0.4) is 0 Å². The van der Waals surface area contributed by atoms with Gasteiger partial charge in [0.2, 0.25) is 0 Å². The third-order valence-electron chi connectivity index (χ3n) is 4.05. The van der Waals surface area contributed by atoms with Crippen LogP contribution in [0.15, 0.2) is 16.7 Å². The molecule has 0 spiro atoms. The summed E-state index contributed by atoms with van der Waals surface area (Å²) < 4.78 is 14.7. The second-order valence-corrected chi connectivity index (χ2v) is 5.97. The summed E-state index contributed by atoms with van der Waals surface area (Å²) in [6, 6.07) is 2.04. The molecule has 2 heterocycles. The van der Waals surface area contributed by atoms with Crippen LogP contribution in [0.25, 0.3) is 0 Å². The van der Waals surface area contributed by atoms with Crippen LogP contribution in [0.4, 0.5) is 10.2 Å². The lowest BCUT2D eigenvalue weighted by Crippen LogP contribution is -2.43. The van der Waals surface area contributed by atoms with Gasteiger partial charge >= 0.3 is 0 Å². The number of anilines is 1. The van der Waals surface area contributed by atoms with Crippen molar-refractivity contribution in [2.24, 2.45) is 5.92 Å². The first-order valence-electron chi connectivity index (χ1n) is 6.33. The Kier molecular flexibility index (Phi) is 3.07. The van der Waals surface area contributed by atoms with Crippen LogP contribution in [0.5, 0.6) is 0 Å². The minimum absolute atomic E-state index is 0.202. The Morgan fingerprint density at radius 2 is 2.12 bits per heavy atom. The maximum atomic E-state index is 14.0. The Morgan fingerprint density at radius 1 is 1.29 bits per heavy atom. The molecular weight excluding hydrogens is 283 g/mol. The molecule has 0 radical (unpaired) electrons. The topological polar surface area (TPSA) is 16.1 Å². The standard InChI is InChI=1S/C13H16BrFN2/c14-10-7-11(15)13(16-8-10)17-6-2-4-9-3-1-5-12(9)17/h7-9,12H,1-6H2. The number of rotatable bonds is 1. The summed E-state index contributed by atoms with van der Waals surface area (Å²) in [5.41, 5.74) is 0. The van der Waals surface area contributed by atoms with Gasteiger partial charge in [-0.05, 0) is 53.6 Å². The van der Waals surface area contributed by atoms with Gasteiger partial charge in [0, 0.05) is 23.3 Å². The van der Waals surface area contributed by atoms with Gasteiger partial charge in [0.05, 0.1) is 0 Å². The van der Waals surface area contributed by atoms with Crippen LogP contribution >= 0.6 is 15.9 Å². The summed E-state index contributed by atoms with van der Waals surface area (Å²) in [7, 11) is 0. The molecule has 2 aliphatic rings. The highest BCUT2D eigenvalue weighted by atomic mass is 79.9. The molecule has 1 aliphatic carbocycles. The smallest absolute Gasteiger partial charge is 0.166 e. The average Bonchev–Trinajstić information content (AvgIpc) is 2.77. The normalized spacial score (nSPS) is 28.2. The molecule has 1 aromatic rings. The molecule has 17 heavy (non-hydrogen) atoms. The first-order chi connectivity index (χ1) is 8.25. The predicted octanol–water partition coefficient (Wildman–Crippen LogP) is 3.75. The molecule has 0 N–H and O–H groups in total. The van der Waals surface area contributed by atoms with Crippen molar-refractivity contribution >= 4 is 21.7 Å². The summed E-state index contributed by atoms with van der Waals surface area (Å²) >= 11 is 3.26. The van der Waals surface area contributed by atoms with Crippen LogP contribution in [-0.2, 0) is 0 Å². The Morgan fingerprint density at radius 3 is 2.94 bits per heavy atom. The minimum Gasteiger partial charge on any atom is -0.351 e. The lowest BCUT2D eigenvalue weighted by molar-refractivity contribution is 0.357. The van der Waals surface area contributed by atoms with E-state index < -0.39 is 0 Å². The highest BCUT2D eigenvalue weighted by molar-refractivity contribution is 9.10. The van der Waals surface area contributed by atoms with Crippen molar-refractivity contribution in [2.45, 2.75) is 38.1 Å². The molecule has 1 saturated heterocycles. The van der Waals surface area contributed by atoms with Crippen LogP contribution < -0.4 is 4.90 Å². The fraction of sp³-hybridized carbons (Fsp3) is 0.615. The number of hydrogen-bond acceptors (Lipinski definition) is 2. The average molecular weight is 299 g/mol. The maximum absolute atomic E-state index is 14.0. The van der Waals surface area contributed by atoms with Crippen LogP contribution in [0.2, 0.25) is 0 Å². The lowest BCUT2D eigenvalue weighted by atomic mass is 9.92. The van der Waals surface area contributed by atoms with Crippen molar-refractivity contribution in [3.63, 3.8) is 0 Å². The Bertz CT molecular complexity index is 424. The van der Waals surface area contributed by atoms with E-state index in [9.17, 15) is 4.39 Å². The number of hydrogen-bond donors (Lipinski definition) is 0. The van der Waals surface area contributed by atoms with Gasteiger partial charge in [-0.15, -0.1) is 0 Å². The molecule has 1 aliphatic heterocycles. The first-order valence-corrected chi connectivity index (χ1v) is 7.12. The molecule has 0 aromatic carbocycles. The van der Waals surface area contributed by atoms with Crippen LogP contribution in [0.1, 0.15) is 32.1 Å². The van der Waals surface area contributed by atoms with Gasteiger partial charge in [-0.1, -0.05) is 6.42 Å². The molecule has 92 valence electrons. The summed E-state index contributed by atoms with van der Waals surface area (Å²) in [5.74, 6) is 1.10. The SMILES string of the molecule is Fc1cc(Br)cnc1N1CCCC2CCCC21. The molecule has 2 nitrogen and oxygen atoms in total. The second-order valence-electron chi connectivity index (χ2n) is 5.05. The van der Waals surface area contributed by atoms with E-state index in [4.69, 9.17) is 0 Å². The minimum atomic E-state index is -0.202. The van der Waals surface area contributed by atoms with Crippen molar-refractivity contribution in [3.8, 4) is 0 Å². The molecule has 0 bridgehead atoms. The third-order valence-corrected chi connectivity index (χ3v) is 4.49. The zero-order chi connectivity index (χ0) is 11.8. The molecule has 4 heteroatoms. The van der Waals surface area contributed by atoms with E-state index in [1.165, 1.54) is 38.2 Å². The van der Waals surface area contributed by atoms with Crippen molar-refractivity contribution in [1.82, 2.24) is 4.98 Å². The van der Waals surface area contributed by atoms with Gasteiger partial charge in [-0.25, -0.2) is 9.37 Å². The zero-order valence-electron chi connectivity index (χ0n) is 9.70. The van der Waals surface area contributed by atoms with E-state index in [2.05, 4.69) is 25.8 Å². The fourth-order valence-corrected chi connectivity index (χ4v) is 3.64. The number of aromatic nitrogens is 1. The molecule has 2 unspecified atom stereocenters. The summed E-state index contributed by atoms with van der Waals surface area (Å²) in [4.78, 5) is 6.46. The maximum Gasteiger partial charge on any atom is 0.166 e. The van der Waals surface area contributed by atoms with Crippen LogP contribution in [-0.4, -0.2) is 17.6 Å². The number of halogens is 2. The number of pyridine rings is 1. The second kappa shape index (κ2) is 4.56. The van der Waals surface area contributed by atoms with Gasteiger partial charge in [-0.2, -0.15) is 0 Å². The van der Waals surface area contributed by atoms with E-state index in [0.717, 1.165) is 12.5 Å². The number of piperidine rings is 1. The van der Waals surface area contributed by atoms with E-state index in [1.54, 1.807) is 6.20 Å². The highest BCUT2D eigenvalue weighted by Gasteiger charge is 2.36. The highest BCUT2D eigenvalue weighted by Crippen LogP contribution is 2.39. The quantitative estimate of drug-likeness (QED) is 0.785. The van der Waals surface area contributed by atoms with Crippen molar-refractivity contribution in [2.75, 3.05) is 11.4 Å². The van der Waals surface area contributed by atoms with Gasteiger partial charge in [0.25, 0.3) is 0 Å². The van der Waals surface area contributed by atoms with E-state index in [1.807, 2.05) is 0 Å². The van der Waals surface area contributed by atoms with E-state index in [0.29, 0.717) is 16.3 Å². The zero-order valence-corrected chi connectivity index (χ0v) is 11.3. The molecular formula is C13H16BrFN2. The van der Waals surface area contributed by atoms with Crippen LogP contribution in [0, 0.1) is 11.7 Å². The molecule has 1 saturated carbocycles. The molecule has 1 aromatic heterocycles.